The number of hydrogen-bond acceptors (Lipinski definition) is 1. The van der Waals surface area contributed by atoms with Crippen molar-refractivity contribution in [2.75, 3.05) is 0 Å². The van der Waals surface area contributed by atoms with Gasteiger partial charge in [-0.25, -0.2) is 0 Å². The zero-order valence-electron chi connectivity index (χ0n) is 5.67. The fourth-order valence-electron chi connectivity index (χ4n) is 0.757. The molecule has 3 heteroatoms. The van der Waals surface area contributed by atoms with E-state index in [-0.39, 0.29) is 10.6 Å². The first-order chi connectivity index (χ1) is 4.75. The third-order valence-electron chi connectivity index (χ3n) is 1.31. The van der Waals surface area contributed by atoms with Crippen LogP contribution in [-0.4, -0.2) is 4.57 Å². The van der Waals surface area contributed by atoms with Crippen molar-refractivity contribution in [3.8, 4) is 0 Å². The summed E-state index contributed by atoms with van der Waals surface area (Å²) in [5.41, 5.74) is -0.119. The smallest absolute Gasteiger partial charge is 0.269 e. The van der Waals surface area contributed by atoms with Gasteiger partial charge in [0.05, 0.1) is 0 Å². The van der Waals surface area contributed by atoms with Crippen LogP contribution in [0.3, 0.4) is 0 Å². The molecule has 0 amide bonds. The van der Waals surface area contributed by atoms with Crippen LogP contribution >= 0.6 is 11.6 Å². The van der Waals surface area contributed by atoms with Gasteiger partial charge in [0, 0.05) is 12.7 Å². The van der Waals surface area contributed by atoms with E-state index in [0.29, 0.717) is 6.54 Å². The van der Waals surface area contributed by atoms with Gasteiger partial charge in [-0.2, -0.15) is 0 Å². The summed E-state index contributed by atoms with van der Waals surface area (Å²) in [5.74, 6) is 0. The molecule has 0 aromatic carbocycles. The molecule has 1 aromatic rings. The van der Waals surface area contributed by atoms with Crippen LogP contribution in [0.5, 0.6) is 0 Å². The monoisotopic (exact) mass is 157 g/mol. The topological polar surface area (TPSA) is 22.0 Å². The van der Waals surface area contributed by atoms with Gasteiger partial charge in [0.25, 0.3) is 5.56 Å². The molecule has 0 bridgehead atoms. The molecule has 2 nitrogen and oxygen atoms in total. The largest absolute Gasteiger partial charge is 0.315 e. The van der Waals surface area contributed by atoms with Crippen molar-refractivity contribution >= 4 is 11.6 Å². The Balaban J connectivity index is 3.28. The van der Waals surface area contributed by atoms with Crippen molar-refractivity contribution in [1.29, 1.82) is 0 Å². The highest BCUT2D eigenvalue weighted by atomic mass is 35.5. The molecule has 0 aliphatic rings. The lowest BCUT2D eigenvalue weighted by atomic mass is 10.5. The summed E-state index contributed by atoms with van der Waals surface area (Å²) >= 11 is 5.56. The molecule has 1 aromatic heterocycles. The Hall–Kier alpha value is -0.760. The first-order valence-corrected chi connectivity index (χ1v) is 3.48. The highest BCUT2D eigenvalue weighted by molar-refractivity contribution is 6.30. The minimum atomic E-state index is -0.119. The molecule has 0 spiro atoms. The fourth-order valence-corrected chi connectivity index (χ4v) is 0.938. The van der Waals surface area contributed by atoms with E-state index in [9.17, 15) is 4.79 Å². The number of halogens is 1. The molecule has 0 aliphatic heterocycles. The van der Waals surface area contributed by atoms with Gasteiger partial charge in [-0.05, 0) is 19.1 Å². The summed E-state index contributed by atoms with van der Waals surface area (Å²) < 4.78 is 1.56. The van der Waals surface area contributed by atoms with Gasteiger partial charge in [0.1, 0.15) is 5.02 Å². The maximum absolute atomic E-state index is 11.0. The van der Waals surface area contributed by atoms with Crippen molar-refractivity contribution in [1.82, 2.24) is 4.57 Å². The average Bonchev–Trinajstić information content (AvgIpc) is 1.95. The molecule has 0 atom stereocenters. The Morgan fingerprint density at radius 2 is 2.40 bits per heavy atom. The van der Waals surface area contributed by atoms with E-state index in [2.05, 4.69) is 0 Å². The predicted octanol–water partition coefficient (Wildman–Crippen LogP) is 1.52. The zero-order valence-corrected chi connectivity index (χ0v) is 6.43. The fraction of sp³-hybridized carbons (Fsp3) is 0.286. The Morgan fingerprint density at radius 1 is 1.70 bits per heavy atom. The van der Waals surface area contributed by atoms with Gasteiger partial charge in [-0.3, -0.25) is 4.79 Å². The molecule has 0 N–H and O–H groups in total. The standard InChI is InChI=1S/C7H8ClNO/c1-2-9-5-3-4-6(8)7(9)10/h3-5H,2H2,1H3. The normalized spacial score (nSPS) is 9.80. The Morgan fingerprint density at radius 3 is 2.90 bits per heavy atom. The number of nitrogens with zero attached hydrogens (tertiary/aromatic N) is 1. The van der Waals surface area contributed by atoms with Crippen molar-refractivity contribution < 1.29 is 0 Å². The first kappa shape index (κ1) is 7.35. The summed E-state index contributed by atoms with van der Waals surface area (Å²) in [5, 5.41) is 0.282. The Labute approximate surface area is 64.1 Å². The molecule has 0 radical (unpaired) electrons. The number of rotatable bonds is 1. The number of pyridine rings is 1. The Kier molecular flexibility index (Phi) is 2.12. The third kappa shape index (κ3) is 1.21. The van der Waals surface area contributed by atoms with E-state index in [0.717, 1.165) is 0 Å². The lowest BCUT2D eigenvalue weighted by Crippen LogP contribution is -2.17. The van der Waals surface area contributed by atoms with Crippen molar-refractivity contribution in [2.45, 2.75) is 13.5 Å². The second kappa shape index (κ2) is 2.88. The van der Waals surface area contributed by atoms with Crippen LogP contribution < -0.4 is 5.56 Å². The molecule has 1 rings (SSSR count). The highest BCUT2D eigenvalue weighted by Crippen LogP contribution is 1.97. The van der Waals surface area contributed by atoms with Crippen molar-refractivity contribution in [3.63, 3.8) is 0 Å². The maximum Gasteiger partial charge on any atom is 0.269 e. The minimum absolute atomic E-state index is 0.119. The van der Waals surface area contributed by atoms with E-state index < -0.39 is 0 Å². The van der Waals surface area contributed by atoms with Gasteiger partial charge in [0.15, 0.2) is 0 Å². The van der Waals surface area contributed by atoms with Crippen LogP contribution in [0.1, 0.15) is 6.92 Å². The van der Waals surface area contributed by atoms with Crippen LogP contribution in [0.25, 0.3) is 0 Å². The predicted molar refractivity (Wildman–Crippen MR) is 41.4 cm³/mol. The second-order valence-corrected chi connectivity index (χ2v) is 2.35. The molecule has 0 fully saturated rings. The summed E-state index contributed by atoms with van der Waals surface area (Å²) in [4.78, 5) is 11.0. The molecule has 54 valence electrons. The summed E-state index contributed by atoms with van der Waals surface area (Å²) in [7, 11) is 0. The van der Waals surface area contributed by atoms with Crippen LogP contribution in [0.4, 0.5) is 0 Å². The lowest BCUT2D eigenvalue weighted by molar-refractivity contribution is 0.727. The minimum Gasteiger partial charge on any atom is -0.315 e. The Bertz CT molecular complexity index is 279. The summed E-state index contributed by atoms with van der Waals surface area (Å²) in [6, 6.07) is 3.35. The van der Waals surface area contributed by atoms with Gasteiger partial charge in [-0.15, -0.1) is 0 Å². The van der Waals surface area contributed by atoms with E-state index in [4.69, 9.17) is 11.6 Å². The zero-order chi connectivity index (χ0) is 7.56. The second-order valence-electron chi connectivity index (χ2n) is 1.95. The van der Waals surface area contributed by atoms with Gasteiger partial charge in [0.2, 0.25) is 0 Å². The quantitative estimate of drug-likeness (QED) is 0.606. The number of aryl methyl sites for hydroxylation is 1. The summed E-state index contributed by atoms with van der Waals surface area (Å²) in [6.45, 7) is 2.57. The van der Waals surface area contributed by atoms with Gasteiger partial charge >= 0.3 is 0 Å². The third-order valence-corrected chi connectivity index (χ3v) is 1.60. The molecule has 1 heterocycles. The van der Waals surface area contributed by atoms with Crippen LogP contribution in [-0.2, 0) is 6.54 Å². The molecule has 0 aliphatic carbocycles. The first-order valence-electron chi connectivity index (χ1n) is 3.10. The molecule has 10 heavy (non-hydrogen) atoms. The molecule has 0 unspecified atom stereocenters. The summed E-state index contributed by atoms with van der Waals surface area (Å²) in [6.07, 6.45) is 1.72. The van der Waals surface area contributed by atoms with Gasteiger partial charge < -0.3 is 4.57 Å². The highest BCUT2D eigenvalue weighted by Gasteiger charge is 1.95. The van der Waals surface area contributed by atoms with Gasteiger partial charge in [-0.1, -0.05) is 11.6 Å². The van der Waals surface area contributed by atoms with Crippen molar-refractivity contribution in [3.05, 3.63) is 33.7 Å². The number of hydrogen-bond donors (Lipinski definition) is 0. The number of aromatic nitrogens is 1. The molecule has 0 saturated carbocycles. The molecule has 0 saturated heterocycles. The van der Waals surface area contributed by atoms with E-state index in [1.54, 1.807) is 22.9 Å². The van der Waals surface area contributed by atoms with E-state index >= 15 is 0 Å². The van der Waals surface area contributed by atoms with Crippen LogP contribution in [0.15, 0.2) is 23.1 Å². The SMILES string of the molecule is CCn1cccc(Cl)c1=O. The van der Waals surface area contributed by atoms with Crippen LogP contribution in [0, 0.1) is 0 Å². The van der Waals surface area contributed by atoms with Crippen molar-refractivity contribution in [2.24, 2.45) is 0 Å². The average molecular weight is 158 g/mol. The lowest BCUT2D eigenvalue weighted by Gasteiger charge is -1.98. The van der Waals surface area contributed by atoms with E-state index in [1.807, 2.05) is 6.92 Å². The van der Waals surface area contributed by atoms with Crippen LogP contribution in [0.2, 0.25) is 5.02 Å². The van der Waals surface area contributed by atoms with E-state index in [1.165, 1.54) is 0 Å². The maximum atomic E-state index is 11.0. The molecular weight excluding hydrogens is 150 g/mol. The molecular formula is C7H8ClNO.